The molecule has 0 bridgehead atoms. The minimum Gasteiger partial charge on any atom is -0.376 e. The number of carbonyl (C=O) groups is 1. The van der Waals surface area contributed by atoms with Crippen LogP contribution in [0, 0.1) is 6.92 Å². The summed E-state index contributed by atoms with van der Waals surface area (Å²) >= 11 is 1.46. The summed E-state index contributed by atoms with van der Waals surface area (Å²) in [7, 11) is 0. The Balaban J connectivity index is 1.71. The highest BCUT2D eigenvalue weighted by molar-refractivity contribution is 7.15. The van der Waals surface area contributed by atoms with Gasteiger partial charge in [-0.1, -0.05) is 0 Å². The number of ether oxygens (including phenoxy) is 1. The summed E-state index contributed by atoms with van der Waals surface area (Å²) in [6, 6.07) is -0.218. The predicted molar refractivity (Wildman–Crippen MR) is 62.8 cm³/mol. The van der Waals surface area contributed by atoms with Gasteiger partial charge >= 0.3 is 6.03 Å². The van der Waals surface area contributed by atoms with Gasteiger partial charge in [-0.25, -0.2) is 9.78 Å². The highest BCUT2D eigenvalue weighted by Gasteiger charge is 2.16. The lowest BCUT2D eigenvalue weighted by Gasteiger charge is -2.10. The Labute approximate surface area is 98.2 Å². The van der Waals surface area contributed by atoms with E-state index in [0.29, 0.717) is 11.7 Å². The summed E-state index contributed by atoms with van der Waals surface area (Å²) < 4.78 is 5.40. The van der Waals surface area contributed by atoms with Crippen LogP contribution >= 0.6 is 11.3 Å². The molecular weight excluding hydrogens is 226 g/mol. The largest absolute Gasteiger partial charge is 0.376 e. The number of carbonyl (C=O) groups excluding carboxylic acids is 1. The smallest absolute Gasteiger partial charge is 0.321 e. The molecule has 2 heterocycles. The second kappa shape index (κ2) is 5.27. The lowest BCUT2D eigenvalue weighted by Crippen LogP contribution is -2.34. The lowest BCUT2D eigenvalue weighted by atomic mass is 10.2. The Morgan fingerprint density at radius 3 is 3.25 bits per heavy atom. The fraction of sp³-hybridized carbons (Fsp3) is 0.600. The van der Waals surface area contributed by atoms with E-state index < -0.39 is 0 Å². The molecule has 1 saturated heterocycles. The average molecular weight is 241 g/mol. The first-order valence-electron chi connectivity index (χ1n) is 5.33. The van der Waals surface area contributed by atoms with Crippen LogP contribution in [0.3, 0.4) is 0 Å². The zero-order chi connectivity index (χ0) is 11.4. The van der Waals surface area contributed by atoms with Gasteiger partial charge in [-0.2, -0.15) is 0 Å². The third-order valence-corrected chi connectivity index (χ3v) is 3.18. The molecule has 1 aromatic rings. The van der Waals surface area contributed by atoms with Crippen molar-refractivity contribution < 1.29 is 9.53 Å². The van der Waals surface area contributed by atoms with Crippen LogP contribution in [0.4, 0.5) is 9.93 Å². The first kappa shape index (κ1) is 11.3. The van der Waals surface area contributed by atoms with Crippen LogP contribution < -0.4 is 10.6 Å². The lowest BCUT2D eigenvalue weighted by molar-refractivity contribution is 0.112. The number of hydrogen-bond acceptors (Lipinski definition) is 4. The van der Waals surface area contributed by atoms with Crippen molar-refractivity contribution in [1.82, 2.24) is 10.3 Å². The minimum absolute atomic E-state index is 0.170. The number of anilines is 1. The van der Waals surface area contributed by atoms with Crippen molar-refractivity contribution in [3.8, 4) is 0 Å². The molecule has 0 aromatic carbocycles. The van der Waals surface area contributed by atoms with Gasteiger partial charge in [-0.3, -0.25) is 5.32 Å². The molecule has 2 N–H and O–H groups in total. The molecule has 1 aliphatic heterocycles. The number of hydrogen-bond donors (Lipinski definition) is 2. The number of thiazole rings is 1. The van der Waals surface area contributed by atoms with E-state index in [1.54, 1.807) is 6.20 Å². The van der Waals surface area contributed by atoms with E-state index in [0.717, 1.165) is 24.3 Å². The first-order valence-corrected chi connectivity index (χ1v) is 6.14. The molecule has 5 nitrogen and oxygen atoms in total. The highest BCUT2D eigenvalue weighted by Crippen LogP contribution is 2.16. The standard InChI is InChI=1S/C10H15N3O2S/c1-7-5-12-10(16-7)13-9(14)11-6-8-3-2-4-15-8/h5,8H,2-4,6H2,1H3,(H2,11,12,13,14)/t8-/m0/s1. The topological polar surface area (TPSA) is 63.2 Å². The van der Waals surface area contributed by atoms with Crippen molar-refractivity contribution in [3.05, 3.63) is 11.1 Å². The molecule has 1 aromatic heterocycles. The Morgan fingerprint density at radius 2 is 2.62 bits per heavy atom. The van der Waals surface area contributed by atoms with Crippen molar-refractivity contribution in [1.29, 1.82) is 0 Å². The van der Waals surface area contributed by atoms with Crippen LogP contribution in [0.15, 0.2) is 6.20 Å². The van der Waals surface area contributed by atoms with E-state index in [1.807, 2.05) is 6.92 Å². The number of amides is 2. The van der Waals surface area contributed by atoms with Crippen molar-refractivity contribution in [3.63, 3.8) is 0 Å². The molecule has 1 fully saturated rings. The van der Waals surface area contributed by atoms with Gasteiger partial charge < -0.3 is 10.1 Å². The van der Waals surface area contributed by atoms with Crippen molar-refractivity contribution in [2.45, 2.75) is 25.9 Å². The maximum atomic E-state index is 11.5. The summed E-state index contributed by atoms with van der Waals surface area (Å²) in [6.45, 7) is 3.32. The first-order chi connectivity index (χ1) is 7.74. The van der Waals surface area contributed by atoms with Gasteiger partial charge in [0.15, 0.2) is 5.13 Å². The monoisotopic (exact) mass is 241 g/mol. The molecule has 2 rings (SSSR count). The van der Waals surface area contributed by atoms with Crippen molar-refractivity contribution in [2.24, 2.45) is 0 Å². The van der Waals surface area contributed by atoms with Gasteiger partial charge in [-0.05, 0) is 19.8 Å². The molecule has 0 aliphatic carbocycles. The Bertz CT molecular complexity index is 361. The number of rotatable bonds is 3. The van der Waals surface area contributed by atoms with E-state index >= 15 is 0 Å². The summed E-state index contributed by atoms with van der Waals surface area (Å²) in [5.74, 6) is 0. The van der Waals surface area contributed by atoms with Crippen LogP contribution in [0.1, 0.15) is 17.7 Å². The predicted octanol–water partition coefficient (Wildman–Crippen LogP) is 1.75. The van der Waals surface area contributed by atoms with Gasteiger partial charge in [0.05, 0.1) is 6.10 Å². The van der Waals surface area contributed by atoms with Crippen molar-refractivity contribution in [2.75, 3.05) is 18.5 Å². The number of aromatic nitrogens is 1. The fourth-order valence-electron chi connectivity index (χ4n) is 1.57. The zero-order valence-electron chi connectivity index (χ0n) is 9.16. The third-order valence-electron chi connectivity index (χ3n) is 2.36. The average Bonchev–Trinajstić information content (AvgIpc) is 2.87. The molecule has 0 saturated carbocycles. The van der Waals surface area contributed by atoms with E-state index in [9.17, 15) is 4.79 Å². The Kier molecular flexibility index (Phi) is 3.74. The maximum Gasteiger partial charge on any atom is 0.321 e. The molecule has 0 spiro atoms. The third kappa shape index (κ3) is 3.18. The molecule has 1 aliphatic rings. The molecule has 2 amide bonds. The van der Waals surface area contributed by atoms with Crippen molar-refractivity contribution >= 4 is 22.5 Å². The molecule has 6 heteroatoms. The van der Waals surface area contributed by atoms with E-state index in [2.05, 4.69) is 15.6 Å². The molecular formula is C10H15N3O2S. The second-order valence-corrected chi connectivity index (χ2v) is 4.98. The molecule has 0 radical (unpaired) electrons. The van der Waals surface area contributed by atoms with Gasteiger partial charge in [0.1, 0.15) is 0 Å². The van der Waals surface area contributed by atoms with Crippen LogP contribution in [0.5, 0.6) is 0 Å². The molecule has 88 valence electrons. The second-order valence-electron chi connectivity index (χ2n) is 3.75. The number of nitrogens with one attached hydrogen (secondary N) is 2. The van der Waals surface area contributed by atoms with Crippen LogP contribution in [0.2, 0.25) is 0 Å². The van der Waals surface area contributed by atoms with Crippen LogP contribution in [-0.4, -0.2) is 30.3 Å². The van der Waals surface area contributed by atoms with Gasteiger partial charge in [-0.15, -0.1) is 11.3 Å². The minimum atomic E-state index is -0.218. The highest BCUT2D eigenvalue weighted by atomic mass is 32.1. The summed E-state index contributed by atoms with van der Waals surface area (Å²) in [5.41, 5.74) is 0. The zero-order valence-corrected chi connectivity index (χ0v) is 9.97. The van der Waals surface area contributed by atoms with E-state index in [4.69, 9.17) is 4.74 Å². The summed E-state index contributed by atoms with van der Waals surface area (Å²) in [4.78, 5) is 16.6. The Hall–Kier alpha value is -1.14. The van der Waals surface area contributed by atoms with Gasteiger partial charge in [0, 0.05) is 24.2 Å². The van der Waals surface area contributed by atoms with Gasteiger partial charge in [0.2, 0.25) is 0 Å². The number of nitrogens with zero attached hydrogens (tertiary/aromatic N) is 1. The van der Waals surface area contributed by atoms with Crippen LogP contribution in [-0.2, 0) is 4.74 Å². The summed E-state index contributed by atoms with van der Waals surface area (Å²) in [5, 5.41) is 6.09. The number of urea groups is 1. The number of aryl methyl sites for hydroxylation is 1. The molecule has 1 atom stereocenters. The SMILES string of the molecule is Cc1cnc(NC(=O)NC[C@@H]2CCCO2)s1. The van der Waals surface area contributed by atoms with Crippen LogP contribution in [0.25, 0.3) is 0 Å². The van der Waals surface area contributed by atoms with E-state index in [-0.39, 0.29) is 12.1 Å². The molecule has 0 unspecified atom stereocenters. The van der Waals surface area contributed by atoms with Gasteiger partial charge in [0.25, 0.3) is 0 Å². The normalized spacial score (nSPS) is 19.7. The molecule has 16 heavy (non-hydrogen) atoms. The maximum absolute atomic E-state index is 11.5. The van der Waals surface area contributed by atoms with E-state index in [1.165, 1.54) is 11.3 Å². The Morgan fingerprint density at radius 1 is 1.75 bits per heavy atom. The summed E-state index contributed by atoms with van der Waals surface area (Å²) in [6.07, 6.45) is 4.01. The quantitative estimate of drug-likeness (QED) is 0.847. The fourth-order valence-corrected chi connectivity index (χ4v) is 2.23.